The average molecular weight is 504 g/mol. The number of phenolic OH excluding ortho intramolecular Hbond substituents is 1. The highest BCUT2D eigenvalue weighted by Gasteiger charge is 2.39. The zero-order chi connectivity index (χ0) is 20.1. The summed E-state index contributed by atoms with van der Waals surface area (Å²) in [5, 5.41) is 25.3. The van der Waals surface area contributed by atoms with E-state index < -0.39 is 11.5 Å². The predicted molar refractivity (Wildman–Crippen MR) is 115 cm³/mol. The third-order valence-electron chi connectivity index (χ3n) is 4.14. The highest BCUT2D eigenvalue weighted by Crippen LogP contribution is 2.31. The summed E-state index contributed by atoms with van der Waals surface area (Å²) in [4.78, 5) is 12.9. The van der Waals surface area contributed by atoms with Crippen LogP contribution in [0, 0.1) is 0 Å². The van der Waals surface area contributed by atoms with E-state index in [0.717, 1.165) is 4.47 Å². The fraction of sp³-hybridized carbons (Fsp3) is 0.0476. The maximum absolute atomic E-state index is 12.9. The van der Waals surface area contributed by atoms with Crippen molar-refractivity contribution in [3.8, 4) is 5.75 Å². The minimum Gasteiger partial charge on any atom is -0.506 e. The van der Waals surface area contributed by atoms with Gasteiger partial charge in [0.25, 0.3) is 5.91 Å². The van der Waals surface area contributed by atoms with E-state index in [0.29, 0.717) is 21.2 Å². The van der Waals surface area contributed by atoms with Crippen LogP contribution in [0.1, 0.15) is 16.7 Å². The van der Waals surface area contributed by atoms with Crippen molar-refractivity contribution < 1.29 is 15.0 Å². The summed E-state index contributed by atoms with van der Waals surface area (Å²) in [5.74, 6) is -0.725. The van der Waals surface area contributed by atoms with Crippen LogP contribution in [0.4, 0.5) is 0 Å². The van der Waals surface area contributed by atoms with Gasteiger partial charge in [-0.1, -0.05) is 76.6 Å². The molecule has 3 N–H and O–H groups in total. The van der Waals surface area contributed by atoms with Crippen molar-refractivity contribution in [1.82, 2.24) is 5.43 Å². The molecule has 0 fully saturated rings. The number of carbonyl (C=O) groups excluding carboxylic acids is 1. The Hall–Kier alpha value is -2.48. The fourth-order valence-electron chi connectivity index (χ4n) is 2.71. The summed E-state index contributed by atoms with van der Waals surface area (Å²) in [6.07, 6.45) is 1.30. The zero-order valence-electron chi connectivity index (χ0n) is 14.5. The largest absolute Gasteiger partial charge is 0.506 e. The molecular weight excluding hydrogens is 488 g/mol. The van der Waals surface area contributed by atoms with E-state index in [-0.39, 0.29) is 5.75 Å². The van der Waals surface area contributed by atoms with E-state index in [4.69, 9.17) is 0 Å². The molecule has 0 aliphatic heterocycles. The van der Waals surface area contributed by atoms with Crippen molar-refractivity contribution in [2.45, 2.75) is 5.60 Å². The monoisotopic (exact) mass is 502 g/mol. The lowest BCUT2D eigenvalue weighted by Gasteiger charge is -2.27. The fourth-order valence-corrected chi connectivity index (χ4v) is 3.97. The van der Waals surface area contributed by atoms with Crippen molar-refractivity contribution in [3.63, 3.8) is 0 Å². The molecule has 0 heterocycles. The number of phenols is 1. The number of amides is 1. The Morgan fingerprint density at radius 3 is 2.04 bits per heavy atom. The first-order valence-corrected chi connectivity index (χ1v) is 9.86. The van der Waals surface area contributed by atoms with Gasteiger partial charge < -0.3 is 10.2 Å². The molecule has 0 unspecified atom stereocenters. The molecule has 0 radical (unpaired) electrons. The Bertz CT molecular complexity index is 969. The predicted octanol–water partition coefficient (Wildman–Crippen LogP) is 4.30. The summed E-state index contributed by atoms with van der Waals surface area (Å²) in [6, 6.07) is 20.6. The van der Waals surface area contributed by atoms with E-state index in [1.54, 1.807) is 72.8 Å². The lowest BCUT2D eigenvalue weighted by atomic mass is 9.85. The number of rotatable bonds is 5. The molecule has 7 heteroatoms. The molecule has 0 spiro atoms. The molecule has 0 saturated heterocycles. The number of halogens is 2. The van der Waals surface area contributed by atoms with Gasteiger partial charge in [0.2, 0.25) is 0 Å². The quantitative estimate of drug-likeness (QED) is 0.358. The molecule has 0 saturated carbocycles. The van der Waals surface area contributed by atoms with Gasteiger partial charge in [-0.2, -0.15) is 5.10 Å². The van der Waals surface area contributed by atoms with Gasteiger partial charge in [-0.05, 0) is 39.2 Å². The number of hydrazone groups is 1. The third-order valence-corrected chi connectivity index (χ3v) is 5.20. The molecule has 0 bridgehead atoms. The van der Waals surface area contributed by atoms with Crippen LogP contribution < -0.4 is 5.43 Å². The summed E-state index contributed by atoms with van der Waals surface area (Å²) < 4.78 is 1.22. The SMILES string of the molecule is O=C(NN=Cc1cc(Br)cc(Br)c1O)C(O)(c1ccccc1)c1ccccc1. The van der Waals surface area contributed by atoms with Crippen molar-refractivity contribution >= 4 is 44.0 Å². The number of nitrogens with zero attached hydrogens (tertiary/aromatic N) is 1. The molecule has 142 valence electrons. The second-order valence-corrected chi connectivity index (χ2v) is 7.74. The molecule has 5 nitrogen and oxygen atoms in total. The average Bonchev–Trinajstić information content (AvgIpc) is 2.72. The number of hydrogen-bond acceptors (Lipinski definition) is 4. The van der Waals surface area contributed by atoms with Crippen LogP contribution in [0.2, 0.25) is 0 Å². The number of aliphatic hydroxyl groups is 1. The number of nitrogens with one attached hydrogen (secondary N) is 1. The molecule has 0 aliphatic rings. The van der Waals surface area contributed by atoms with E-state index >= 15 is 0 Å². The van der Waals surface area contributed by atoms with Crippen LogP contribution in [-0.4, -0.2) is 22.3 Å². The molecule has 0 atom stereocenters. The van der Waals surface area contributed by atoms with Crippen molar-refractivity contribution in [3.05, 3.63) is 98.4 Å². The van der Waals surface area contributed by atoms with Crippen molar-refractivity contribution in [2.75, 3.05) is 0 Å². The standard InChI is InChI=1S/C21H16Br2N2O3/c22-17-11-14(19(26)18(23)12-17)13-24-25-20(27)21(28,15-7-3-1-4-8-15)16-9-5-2-6-10-16/h1-13,26,28H,(H,25,27). The van der Waals surface area contributed by atoms with Crippen LogP contribution in [-0.2, 0) is 10.4 Å². The van der Waals surface area contributed by atoms with Crippen LogP contribution in [0.5, 0.6) is 5.75 Å². The minimum atomic E-state index is -1.92. The Balaban J connectivity index is 1.91. The Morgan fingerprint density at radius 1 is 0.964 bits per heavy atom. The number of benzene rings is 3. The molecule has 3 rings (SSSR count). The van der Waals surface area contributed by atoms with Gasteiger partial charge in [0, 0.05) is 10.0 Å². The number of carbonyl (C=O) groups is 1. The zero-order valence-corrected chi connectivity index (χ0v) is 17.7. The lowest BCUT2D eigenvalue weighted by molar-refractivity contribution is -0.136. The van der Waals surface area contributed by atoms with Crippen LogP contribution in [0.25, 0.3) is 0 Å². The highest BCUT2D eigenvalue weighted by molar-refractivity contribution is 9.11. The Kier molecular flexibility index (Phi) is 6.28. The maximum Gasteiger partial charge on any atom is 0.281 e. The van der Waals surface area contributed by atoms with Gasteiger partial charge in [-0.25, -0.2) is 5.43 Å². The van der Waals surface area contributed by atoms with Gasteiger partial charge >= 0.3 is 0 Å². The van der Waals surface area contributed by atoms with Crippen LogP contribution in [0.15, 0.2) is 86.8 Å². The van der Waals surface area contributed by atoms with Gasteiger partial charge in [0.15, 0.2) is 5.60 Å². The molecule has 1 amide bonds. The smallest absolute Gasteiger partial charge is 0.281 e. The first-order chi connectivity index (χ1) is 13.4. The number of hydrogen-bond donors (Lipinski definition) is 3. The van der Waals surface area contributed by atoms with E-state index in [1.807, 2.05) is 0 Å². The van der Waals surface area contributed by atoms with Gasteiger partial charge in [-0.15, -0.1) is 0 Å². The van der Waals surface area contributed by atoms with Gasteiger partial charge in [-0.3, -0.25) is 4.79 Å². The summed E-state index contributed by atoms with van der Waals surface area (Å²) in [5.41, 5.74) is 1.69. The van der Waals surface area contributed by atoms with Gasteiger partial charge in [0.1, 0.15) is 5.75 Å². The van der Waals surface area contributed by atoms with Crippen LogP contribution >= 0.6 is 31.9 Å². The van der Waals surface area contributed by atoms with Crippen molar-refractivity contribution in [1.29, 1.82) is 0 Å². The normalized spacial score (nSPS) is 11.5. The molecule has 28 heavy (non-hydrogen) atoms. The molecule has 0 aliphatic carbocycles. The lowest BCUT2D eigenvalue weighted by Crippen LogP contribution is -2.43. The van der Waals surface area contributed by atoms with E-state index in [1.165, 1.54) is 6.21 Å². The molecule has 0 aromatic heterocycles. The third kappa shape index (κ3) is 4.16. The van der Waals surface area contributed by atoms with Crippen molar-refractivity contribution in [2.24, 2.45) is 5.10 Å². The second-order valence-electron chi connectivity index (χ2n) is 5.97. The second kappa shape index (κ2) is 8.68. The number of aromatic hydroxyl groups is 1. The first kappa shape index (κ1) is 20.3. The Morgan fingerprint density at radius 2 is 1.50 bits per heavy atom. The van der Waals surface area contributed by atoms with Gasteiger partial charge in [0.05, 0.1) is 10.7 Å². The molecular formula is C21H16Br2N2O3. The maximum atomic E-state index is 12.9. The van der Waals surface area contributed by atoms with E-state index in [2.05, 4.69) is 42.4 Å². The molecule has 3 aromatic carbocycles. The first-order valence-electron chi connectivity index (χ1n) is 8.28. The van der Waals surface area contributed by atoms with Crippen LogP contribution in [0.3, 0.4) is 0 Å². The van der Waals surface area contributed by atoms with E-state index in [9.17, 15) is 15.0 Å². The topological polar surface area (TPSA) is 81.9 Å². The summed E-state index contributed by atoms with van der Waals surface area (Å²) in [7, 11) is 0. The summed E-state index contributed by atoms with van der Waals surface area (Å²) in [6.45, 7) is 0. The minimum absolute atomic E-state index is 0.0115. The highest BCUT2D eigenvalue weighted by atomic mass is 79.9. The molecule has 3 aromatic rings. The Labute approximate surface area is 179 Å². The summed E-state index contributed by atoms with van der Waals surface area (Å²) >= 11 is 6.57.